The van der Waals surface area contributed by atoms with Gasteiger partial charge in [-0.05, 0) is 44.5 Å². The second-order valence-corrected chi connectivity index (χ2v) is 5.65. The van der Waals surface area contributed by atoms with Gasteiger partial charge in [0.05, 0.1) is 11.0 Å². The van der Waals surface area contributed by atoms with Crippen LogP contribution in [0.2, 0.25) is 0 Å². The van der Waals surface area contributed by atoms with E-state index in [2.05, 4.69) is 23.7 Å². The number of aryl methyl sites for hydroxylation is 1. The summed E-state index contributed by atoms with van der Waals surface area (Å²) in [7, 11) is 0. The van der Waals surface area contributed by atoms with Crippen molar-refractivity contribution in [3.8, 4) is 0 Å². The molecule has 1 unspecified atom stereocenters. The summed E-state index contributed by atoms with van der Waals surface area (Å²) in [6, 6.07) is 4.86. The Morgan fingerprint density at radius 1 is 1.47 bits per heavy atom. The topological polar surface area (TPSA) is 29.9 Å². The average molecular weight is 261 g/mol. The van der Waals surface area contributed by atoms with E-state index in [9.17, 15) is 4.39 Å². The molecule has 2 aromatic rings. The molecule has 1 aliphatic heterocycles. The Balaban J connectivity index is 2.17. The second-order valence-electron chi connectivity index (χ2n) is 5.65. The van der Waals surface area contributed by atoms with Gasteiger partial charge in [-0.2, -0.15) is 0 Å². The molecule has 0 saturated carbocycles. The number of benzene rings is 1. The summed E-state index contributed by atoms with van der Waals surface area (Å²) < 4.78 is 15.6. The molecule has 1 fully saturated rings. The van der Waals surface area contributed by atoms with Crippen molar-refractivity contribution in [2.75, 3.05) is 13.1 Å². The largest absolute Gasteiger partial charge is 0.328 e. The first-order valence-corrected chi connectivity index (χ1v) is 7.01. The lowest BCUT2D eigenvalue weighted by Crippen LogP contribution is -2.42. The first kappa shape index (κ1) is 12.6. The molecule has 0 radical (unpaired) electrons. The minimum atomic E-state index is -0.194. The van der Waals surface area contributed by atoms with Crippen molar-refractivity contribution >= 4 is 11.0 Å². The number of imidazole rings is 1. The van der Waals surface area contributed by atoms with Crippen LogP contribution in [-0.2, 0) is 12.0 Å². The van der Waals surface area contributed by atoms with Crippen LogP contribution < -0.4 is 5.32 Å². The van der Waals surface area contributed by atoms with E-state index in [1.54, 1.807) is 12.1 Å². The Labute approximate surface area is 112 Å². The van der Waals surface area contributed by atoms with E-state index < -0.39 is 0 Å². The van der Waals surface area contributed by atoms with Crippen molar-refractivity contribution in [2.24, 2.45) is 0 Å². The van der Waals surface area contributed by atoms with Gasteiger partial charge >= 0.3 is 0 Å². The number of fused-ring (bicyclic) bond motifs is 1. The fourth-order valence-electron chi connectivity index (χ4n) is 3.12. The molecule has 3 nitrogen and oxygen atoms in total. The highest BCUT2D eigenvalue weighted by molar-refractivity contribution is 5.76. The fourth-order valence-corrected chi connectivity index (χ4v) is 3.12. The standard InChI is InChI=1S/C15H20FN3/c1-3-19-13-9-11(16)5-6-12(13)18-14(19)15(2)7-4-8-17-10-15/h5-6,9,17H,3-4,7-8,10H2,1-2H3. The Morgan fingerprint density at radius 2 is 2.32 bits per heavy atom. The molecule has 102 valence electrons. The Bertz CT molecular complexity index is 597. The van der Waals surface area contributed by atoms with E-state index in [-0.39, 0.29) is 11.2 Å². The lowest BCUT2D eigenvalue weighted by atomic mass is 9.82. The van der Waals surface area contributed by atoms with Gasteiger partial charge in [-0.15, -0.1) is 0 Å². The molecule has 1 aromatic carbocycles. The van der Waals surface area contributed by atoms with Crippen molar-refractivity contribution in [3.05, 3.63) is 29.8 Å². The summed E-state index contributed by atoms with van der Waals surface area (Å²) >= 11 is 0. The third-order valence-corrected chi connectivity index (χ3v) is 4.16. The van der Waals surface area contributed by atoms with Gasteiger partial charge in [0.15, 0.2) is 0 Å². The van der Waals surface area contributed by atoms with Gasteiger partial charge in [0, 0.05) is 18.5 Å². The predicted octanol–water partition coefficient (Wildman–Crippen LogP) is 2.84. The second kappa shape index (κ2) is 4.60. The van der Waals surface area contributed by atoms with Crippen LogP contribution in [0.5, 0.6) is 0 Å². The maximum atomic E-state index is 13.4. The molecule has 1 aromatic heterocycles. The van der Waals surface area contributed by atoms with E-state index in [0.29, 0.717) is 0 Å². The van der Waals surface area contributed by atoms with Gasteiger partial charge in [0.2, 0.25) is 0 Å². The molecule has 1 aliphatic rings. The van der Waals surface area contributed by atoms with Crippen molar-refractivity contribution < 1.29 is 4.39 Å². The van der Waals surface area contributed by atoms with Crippen LogP contribution in [-0.4, -0.2) is 22.6 Å². The molecule has 19 heavy (non-hydrogen) atoms. The highest BCUT2D eigenvalue weighted by Crippen LogP contribution is 2.32. The quantitative estimate of drug-likeness (QED) is 0.901. The SMILES string of the molecule is CCn1c(C2(C)CCCNC2)nc2ccc(F)cc21. The van der Waals surface area contributed by atoms with Crippen molar-refractivity contribution in [1.82, 2.24) is 14.9 Å². The molecule has 0 amide bonds. The number of hydrogen-bond donors (Lipinski definition) is 1. The number of aromatic nitrogens is 2. The molecule has 0 bridgehead atoms. The van der Waals surface area contributed by atoms with E-state index in [0.717, 1.165) is 49.3 Å². The normalized spacial score (nSPS) is 23.9. The molecular weight excluding hydrogens is 241 g/mol. The molecule has 0 spiro atoms. The fraction of sp³-hybridized carbons (Fsp3) is 0.533. The van der Waals surface area contributed by atoms with Gasteiger partial charge in [-0.3, -0.25) is 0 Å². The number of halogens is 1. The van der Waals surface area contributed by atoms with Crippen LogP contribution in [0.4, 0.5) is 4.39 Å². The van der Waals surface area contributed by atoms with E-state index in [4.69, 9.17) is 4.98 Å². The third kappa shape index (κ3) is 2.04. The molecule has 3 rings (SSSR count). The number of piperidine rings is 1. The van der Waals surface area contributed by atoms with Crippen LogP contribution in [0.1, 0.15) is 32.5 Å². The van der Waals surface area contributed by atoms with Gasteiger partial charge in [0.1, 0.15) is 11.6 Å². The van der Waals surface area contributed by atoms with E-state index in [1.165, 1.54) is 6.07 Å². The first-order valence-electron chi connectivity index (χ1n) is 7.01. The zero-order valence-corrected chi connectivity index (χ0v) is 11.5. The molecule has 2 heterocycles. The number of nitrogens with one attached hydrogen (secondary N) is 1. The Hall–Kier alpha value is -1.42. The molecule has 4 heteroatoms. The highest BCUT2D eigenvalue weighted by atomic mass is 19.1. The zero-order chi connectivity index (χ0) is 13.5. The van der Waals surface area contributed by atoms with E-state index in [1.807, 2.05) is 0 Å². The number of nitrogens with zero attached hydrogens (tertiary/aromatic N) is 2. The summed E-state index contributed by atoms with van der Waals surface area (Å²) in [5.41, 5.74) is 1.85. The van der Waals surface area contributed by atoms with Crippen LogP contribution >= 0.6 is 0 Å². The summed E-state index contributed by atoms with van der Waals surface area (Å²) in [6.07, 6.45) is 2.30. The maximum Gasteiger partial charge on any atom is 0.125 e. The Morgan fingerprint density at radius 3 is 3.00 bits per heavy atom. The summed E-state index contributed by atoms with van der Waals surface area (Å²) in [6.45, 7) is 7.19. The highest BCUT2D eigenvalue weighted by Gasteiger charge is 2.33. The summed E-state index contributed by atoms with van der Waals surface area (Å²) in [5, 5.41) is 3.45. The minimum Gasteiger partial charge on any atom is -0.328 e. The zero-order valence-electron chi connectivity index (χ0n) is 11.5. The molecule has 1 saturated heterocycles. The van der Waals surface area contributed by atoms with Crippen molar-refractivity contribution in [3.63, 3.8) is 0 Å². The molecule has 1 atom stereocenters. The van der Waals surface area contributed by atoms with Gasteiger partial charge in [-0.1, -0.05) is 6.92 Å². The molecule has 1 N–H and O–H groups in total. The lowest BCUT2D eigenvalue weighted by Gasteiger charge is -2.33. The monoisotopic (exact) mass is 261 g/mol. The van der Waals surface area contributed by atoms with Crippen LogP contribution in [0.25, 0.3) is 11.0 Å². The summed E-state index contributed by atoms with van der Waals surface area (Å²) in [5.74, 6) is 0.892. The van der Waals surface area contributed by atoms with Crippen LogP contribution in [0, 0.1) is 5.82 Å². The van der Waals surface area contributed by atoms with Crippen molar-refractivity contribution in [1.29, 1.82) is 0 Å². The average Bonchev–Trinajstić information content (AvgIpc) is 2.78. The van der Waals surface area contributed by atoms with Gasteiger partial charge in [-0.25, -0.2) is 9.37 Å². The third-order valence-electron chi connectivity index (χ3n) is 4.16. The minimum absolute atomic E-state index is 0.0454. The predicted molar refractivity (Wildman–Crippen MR) is 74.8 cm³/mol. The molecule has 0 aliphatic carbocycles. The first-order chi connectivity index (χ1) is 9.14. The lowest BCUT2D eigenvalue weighted by molar-refractivity contribution is 0.315. The van der Waals surface area contributed by atoms with Crippen molar-refractivity contribution in [2.45, 2.75) is 38.6 Å². The smallest absolute Gasteiger partial charge is 0.125 e. The summed E-state index contributed by atoms with van der Waals surface area (Å²) in [4.78, 5) is 4.78. The van der Waals surface area contributed by atoms with Gasteiger partial charge in [0.25, 0.3) is 0 Å². The Kier molecular flexibility index (Phi) is 3.05. The molecular formula is C15H20FN3. The maximum absolute atomic E-state index is 13.4. The van der Waals surface area contributed by atoms with Gasteiger partial charge < -0.3 is 9.88 Å². The van der Waals surface area contributed by atoms with Crippen LogP contribution in [0.3, 0.4) is 0 Å². The number of rotatable bonds is 2. The van der Waals surface area contributed by atoms with Crippen LogP contribution in [0.15, 0.2) is 18.2 Å². The van der Waals surface area contributed by atoms with E-state index >= 15 is 0 Å². The number of hydrogen-bond acceptors (Lipinski definition) is 2.